The van der Waals surface area contributed by atoms with Gasteiger partial charge in [-0.05, 0) is 39.7 Å². The SMILES string of the molecule is O=C(Cc1ccccc1Br)c1cccc(Br)c1F. The van der Waals surface area contributed by atoms with Crippen LogP contribution in [0.4, 0.5) is 4.39 Å². The van der Waals surface area contributed by atoms with Gasteiger partial charge in [-0.15, -0.1) is 0 Å². The van der Waals surface area contributed by atoms with Crippen molar-refractivity contribution in [1.82, 2.24) is 0 Å². The third-order valence-electron chi connectivity index (χ3n) is 2.56. The van der Waals surface area contributed by atoms with Gasteiger partial charge in [0.2, 0.25) is 0 Å². The van der Waals surface area contributed by atoms with E-state index in [9.17, 15) is 9.18 Å². The molecule has 0 heterocycles. The van der Waals surface area contributed by atoms with Crippen molar-refractivity contribution in [2.24, 2.45) is 0 Å². The topological polar surface area (TPSA) is 17.1 Å². The standard InChI is InChI=1S/C14H9Br2FO/c15-11-6-2-1-4-9(11)8-13(18)10-5-3-7-12(16)14(10)17/h1-7H,8H2. The Morgan fingerprint density at radius 2 is 1.67 bits per heavy atom. The molecule has 2 rings (SSSR count). The molecule has 4 heteroatoms. The Kier molecular flexibility index (Phi) is 4.30. The van der Waals surface area contributed by atoms with Gasteiger partial charge in [-0.25, -0.2) is 4.39 Å². The summed E-state index contributed by atoms with van der Waals surface area (Å²) in [6.45, 7) is 0. The number of hydrogen-bond donors (Lipinski definition) is 0. The van der Waals surface area contributed by atoms with Crippen molar-refractivity contribution in [3.8, 4) is 0 Å². The molecule has 0 unspecified atom stereocenters. The van der Waals surface area contributed by atoms with Crippen LogP contribution in [0.3, 0.4) is 0 Å². The number of ketones is 1. The number of carbonyl (C=O) groups excluding carboxylic acids is 1. The predicted octanol–water partition coefficient (Wildman–Crippen LogP) is 4.78. The molecule has 0 aliphatic heterocycles. The third-order valence-corrected chi connectivity index (χ3v) is 3.95. The quantitative estimate of drug-likeness (QED) is 0.710. The van der Waals surface area contributed by atoms with E-state index in [-0.39, 0.29) is 17.8 Å². The fourth-order valence-electron chi connectivity index (χ4n) is 1.63. The lowest BCUT2D eigenvalue weighted by Crippen LogP contribution is -2.07. The van der Waals surface area contributed by atoms with Gasteiger partial charge in [0.25, 0.3) is 0 Å². The van der Waals surface area contributed by atoms with Crippen LogP contribution in [0.2, 0.25) is 0 Å². The average Bonchev–Trinajstić information content (AvgIpc) is 2.35. The molecule has 0 saturated heterocycles. The van der Waals surface area contributed by atoms with Crippen LogP contribution in [0.25, 0.3) is 0 Å². The fraction of sp³-hybridized carbons (Fsp3) is 0.0714. The summed E-state index contributed by atoms with van der Waals surface area (Å²) in [6.07, 6.45) is 0.175. The Balaban J connectivity index is 2.28. The maximum atomic E-state index is 13.8. The smallest absolute Gasteiger partial charge is 0.170 e. The largest absolute Gasteiger partial charge is 0.294 e. The molecule has 0 aromatic heterocycles. The maximum absolute atomic E-state index is 13.8. The van der Waals surface area contributed by atoms with Crippen molar-refractivity contribution >= 4 is 37.6 Å². The zero-order chi connectivity index (χ0) is 13.1. The van der Waals surface area contributed by atoms with E-state index < -0.39 is 5.82 Å². The van der Waals surface area contributed by atoms with Crippen LogP contribution in [0.5, 0.6) is 0 Å². The van der Waals surface area contributed by atoms with E-state index in [1.165, 1.54) is 6.07 Å². The van der Waals surface area contributed by atoms with Crippen molar-refractivity contribution in [3.63, 3.8) is 0 Å². The van der Waals surface area contributed by atoms with Crippen molar-refractivity contribution < 1.29 is 9.18 Å². The fourth-order valence-corrected chi connectivity index (χ4v) is 2.42. The molecule has 2 aromatic carbocycles. The summed E-state index contributed by atoms with van der Waals surface area (Å²) in [7, 11) is 0. The molecule has 0 spiro atoms. The summed E-state index contributed by atoms with van der Waals surface area (Å²) >= 11 is 6.45. The number of rotatable bonds is 3. The van der Waals surface area contributed by atoms with Gasteiger partial charge >= 0.3 is 0 Å². The van der Waals surface area contributed by atoms with Crippen LogP contribution in [0.15, 0.2) is 51.4 Å². The summed E-state index contributed by atoms with van der Waals surface area (Å²) in [5, 5.41) is 0. The summed E-state index contributed by atoms with van der Waals surface area (Å²) in [6, 6.07) is 12.2. The van der Waals surface area contributed by atoms with Crippen molar-refractivity contribution in [3.05, 3.63) is 68.4 Å². The number of benzene rings is 2. The van der Waals surface area contributed by atoms with Crippen molar-refractivity contribution in [1.29, 1.82) is 0 Å². The Bertz CT molecular complexity index is 596. The van der Waals surface area contributed by atoms with Gasteiger partial charge in [0.1, 0.15) is 5.82 Å². The highest BCUT2D eigenvalue weighted by atomic mass is 79.9. The predicted molar refractivity (Wildman–Crippen MR) is 76.3 cm³/mol. The maximum Gasteiger partial charge on any atom is 0.170 e. The van der Waals surface area contributed by atoms with Gasteiger partial charge < -0.3 is 0 Å². The molecule has 0 bridgehead atoms. The number of hydrogen-bond acceptors (Lipinski definition) is 1. The first kappa shape index (κ1) is 13.4. The van der Waals surface area contributed by atoms with Crippen LogP contribution in [0, 0.1) is 5.82 Å². The summed E-state index contributed by atoms with van der Waals surface area (Å²) in [5.41, 5.74) is 0.960. The zero-order valence-corrected chi connectivity index (χ0v) is 12.5. The average molecular weight is 372 g/mol. The summed E-state index contributed by atoms with van der Waals surface area (Å²) in [4.78, 5) is 12.1. The number of Topliss-reactive ketones (excluding diaryl/α,β-unsaturated/α-hetero) is 1. The van der Waals surface area contributed by atoms with Crippen LogP contribution < -0.4 is 0 Å². The van der Waals surface area contributed by atoms with Gasteiger partial charge in [0.05, 0.1) is 10.0 Å². The molecule has 2 aromatic rings. The Hall–Kier alpha value is -1.000. The van der Waals surface area contributed by atoms with Crippen molar-refractivity contribution in [2.45, 2.75) is 6.42 Å². The van der Waals surface area contributed by atoms with Gasteiger partial charge in [-0.2, -0.15) is 0 Å². The monoisotopic (exact) mass is 370 g/mol. The molecular formula is C14H9Br2FO. The lowest BCUT2D eigenvalue weighted by atomic mass is 10.0. The van der Waals surface area contributed by atoms with E-state index in [1.807, 2.05) is 24.3 Å². The first-order valence-corrected chi connectivity index (χ1v) is 6.89. The first-order chi connectivity index (χ1) is 8.59. The summed E-state index contributed by atoms with van der Waals surface area (Å²) in [5.74, 6) is -0.741. The van der Waals surface area contributed by atoms with E-state index in [4.69, 9.17) is 0 Å². The minimum atomic E-state index is -0.505. The van der Waals surface area contributed by atoms with Crippen LogP contribution in [-0.2, 0) is 6.42 Å². The molecule has 0 atom stereocenters. The van der Waals surface area contributed by atoms with E-state index in [1.54, 1.807) is 12.1 Å². The van der Waals surface area contributed by atoms with E-state index in [0.29, 0.717) is 4.47 Å². The molecular weight excluding hydrogens is 363 g/mol. The highest BCUT2D eigenvalue weighted by molar-refractivity contribution is 9.10. The minimum absolute atomic E-state index is 0.111. The second-order valence-electron chi connectivity index (χ2n) is 3.79. The van der Waals surface area contributed by atoms with Gasteiger partial charge in [-0.1, -0.05) is 40.2 Å². The highest BCUT2D eigenvalue weighted by Gasteiger charge is 2.15. The van der Waals surface area contributed by atoms with Gasteiger partial charge in [0, 0.05) is 10.9 Å². The second kappa shape index (κ2) is 5.76. The number of halogens is 3. The van der Waals surface area contributed by atoms with Crippen LogP contribution in [0.1, 0.15) is 15.9 Å². The highest BCUT2D eigenvalue weighted by Crippen LogP contribution is 2.22. The second-order valence-corrected chi connectivity index (χ2v) is 5.50. The third kappa shape index (κ3) is 2.87. The molecule has 0 aliphatic carbocycles. The van der Waals surface area contributed by atoms with Crippen molar-refractivity contribution in [2.75, 3.05) is 0 Å². The Labute approximate surface area is 121 Å². The molecule has 0 amide bonds. The van der Waals surface area contributed by atoms with Gasteiger partial charge in [-0.3, -0.25) is 4.79 Å². The molecule has 0 N–H and O–H groups in total. The lowest BCUT2D eigenvalue weighted by Gasteiger charge is -2.05. The molecule has 92 valence electrons. The van der Waals surface area contributed by atoms with Crippen LogP contribution in [-0.4, -0.2) is 5.78 Å². The molecule has 0 fully saturated rings. The number of carbonyl (C=O) groups is 1. The van der Waals surface area contributed by atoms with E-state index in [2.05, 4.69) is 31.9 Å². The Morgan fingerprint density at radius 3 is 2.39 bits per heavy atom. The molecule has 0 saturated carbocycles. The zero-order valence-electron chi connectivity index (χ0n) is 9.29. The van der Waals surface area contributed by atoms with E-state index >= 15 is 0 Å². The summed E-state index contributed by atoms with van der Waals surface area (Å²) < 4.78 is 14.9. The van der Waals surface area contributed by atoms with E-state index in [0.717, 1.165) is 10.0 Å². The minimum Gasteiger partial charge on any atom is -0.294 e. The Morgan fingerprint density at radius 1 is 1.00 bits per heavy atom. The molecule has 18 heavy (non-hydrogen) atoms. The first-order valence-electron chi connectivity index (χ1n) is 5.30. The molecule has 0 aliphatic rings. The molecule has 1 nitrogen and oxygen atoms in total. The van der Waals surface area contributed by atoms with Gasteiger partial charge in [0.15, 0.2) is 5.78 Å². The normalized spacial score (nSPS) is 10.4. The van der Waals surface area contributed by atoms with Crippen LogP contribution >= 0.6 is 31.9 Å². The lowest BCUT2D eigenvalue weighted by molar-refractivity contribution is 0.0989. The molecule has 0 radical (unpaired) electrons.